The summed E-state index contributed by atoms with van der Waals surface area (Å²) in [6, 6.07) is 15.0. The molecule has 0 unspecified atom stereocenters. The Bertz CT molecular complexity index is 1100. The third kappa shape index (κ3) is 3.25. The molecule has 0 spiro atoms. The van der Waals surface area contributed by atoms with Gasteiger partial charge in [-0.1, -0.05) is 47.6 Å². The lowest BCUT2D eigenvalue weighted by atomic mass is 10.1. The van der Waals surface area contributed by atoms with Crippen LogP contribution in [-0.4, -0.2) is 26.7 Å². The summed E-state index contributed by atoms with van der Waals surface area (Å²) in [6.45, 7) is 1.90. The number of thioether (sulfide) groups is 1. The lowest BCUT2D eigenvalue weighted by Crippen LogP contribution is -2.03. The first-order valence-corrected chi connectivity index (χ1v) is 9.31. The maximum Gasteiger partial charge on any atom is 0.277 e. The van der Waals surface area contributed by atoms with Crippen LogP contribution >= 0.6 is 23.4 Å². The number of ketones is 1. The van der Waals surface area contributed by atoms with Crippen LogP contribution in [0.25, 0.3) is 22.4 Å². The summed E-state index contributed by atoms with van der Waals surface area (Å²) >= 11 is 7.21. The Hall–Kier alpha value is -2.57. The van der Waals surface area contributed by atoms with Gasteiger partial charge in [-0.05, 0) is 31.2 Å². The van der Waals surface area contributed by atoms with Crippen molar-refractivity contribution in [2.24, 2.45) is 0 Å². The van der Waals surface area contributed by atoms with Crippen molar-refractivity contribution in [3.8, 4) is 11.5 Å². The number of nitrogens with zero attached hydrogens (tertiary/aromatic N) is 2. The third-order valence-electron chi connectivity index (χ3n) is 3.98. The zero-order valence-corrected chi connectivity index (χ0v) is 15.4. The van der Waals surface area contributed by atoms with Gasteiger partial charge < -0.3 is 9.40 Å². The molecular weight excluding hydrogens is 370 g/mol. The molecule has 0 bridgehead atoms. The molecule has 2 heterocycles. The van der Waals surface area contributed by atoms with E-state index in [-0.39, 0.29) is 11.5 Å². The zero-order chi connectivity index (χ0) is 18.1. The first-order valence-electron chi connectivity index (χ1n) is 7.94. The molecule has 0 saturated heterocycles. The monoisotopic (exact) mass is 383 g/mol. The number of aromatic amines is 1. The number of Topliss-reactive ketones (excluding diaryl/α,β-unsaturated/α-hetero) is 1. The first-order chi connectivity index (χ1) is 12.6. The highest BCUT2D eigenvalue weighted by molar-refractivity contribution is 7.99. The van der Waals surface area contributed by atoms with Gasteiger partial charge in [-0.15, -0.1) is 10.2 Å². The van der Waals surface area contributed by atoms with Gasteiger partial charge in [0.1, 0.15) is 0 Å². The van der Waals surface area contributed by atoms with Gasteiger partial charge in [0.05, 0.1) is 5.75 Å². The molecule has 0 radical (unpaired) electrons. The molecule has 4 aromatic rings. The molecule has 130 valence electrons. The van der Waals surface area contributed by atoms with Crippen LogP contribution in [0.1, 0.15) is 16.1 Å². The fourth-order valence-corrected chi connectivity index (χ4v) is 3.67. The third-order valence-corrected chi connectivity index (χ3v) is 5.03. The summed E-state index contributed by atoms with van der Waals surface area (Å²) in [6.07, 6.45) is 0. The minimum Gasteiger partial charge on any atom is -0.411 e. The highest BCUT2D eigenvalue weighted by Crippen LogP contribution is 2.27. The van der Waals surface area contributed by atoms with Crippen LogP contribution in [0.2, 0.25) is 5.02 Å². The number of nitrogens with one attached hydrogen (secondary N) is 1. The maximum atomic E-state index is 12.7. The van der Waals surface area contributed by atoms with E-state index in [1.54, 1.807) is 12.1 Å². The van der Waals surface area contributed by atoms with Crippen LogP contribution in [0.15, 0.2) is 58.2 Å². The van der Waals surface area contributed by atoms with Gasteiger partial charge in [0, 0.05) is 32.7 Å². The fraction of sp³-hybridized carbons (Fsp3) is 0.105. The van der Waals surface area contributed by atoms with E-state index >= 15 is 0 Å². The van der Waals surface area contributed by atoms with Crippen molar-refractivity contribution in [3.05, 3.63) is 64.8 Å². The Morgan fingerprint density at radius 1 is 1.19 bits per heavy atom. The van der Waals surface area contributed by atoms with Gasteiger partial charge in [-0.2, -0.15) is 0 Å². The summed E-state index contributed by atoms with van der Waals surface area (Å²) in [4.78, 5) is 15.9. The number of hydrogen-bond donors (Lipinski definition) is 1. The topological polar surface area (TPSA) is 71.8 Å². The number of benzene rings is 2. The van der Waals surface area contributed by atoms with Crippen LogP contribution in [-0.2, 0) is 0 Å². The molecular formula is C19H14ClN3O2S. The maximum absolute atomic E-state index is 12.7. The summed E-state index contributed by atoms with van der Waals surface area (Å²) in [5, 5.41) is 9.91. The van der Waals surface area contributed by atoms with Crippen molar-refractivity contribution >= 4 is 40.0 Å². The fourth-order valence-electron chi connectivity index (χ4n) is 2.84. The van der Waals surface area contributed by atoms with Gasteiger partial charge in [0.2, 0.25) is 5.89 Å². The smallest absolute Gasteiger partial charge is 0.277 e. The van der Waals surface area contributed by atoms with Crippen LogP contribution in [0.5, 0.6) is 0 Å². The quantitative estimate of drug-likeness (QED) is 0.381. The van der Waals surface area contributed by atoms with Crippen molar-refractivity contribution in [3.63, 3.8) is 0 Å². The van der Waals surface area contributed by atoms with E-state index in [0.717, 1.165) is 22.2 Å². The first kappa shape index (κ1) is 16.9. The number of para-hydroxylation sites is 1. The predicted molar refractivity (Wildman–Crippen MR) is 103 cm³/mol. The van der Waals surface area contributed by atoms with E-state index in [1.807, 2.05) is 43.3 Å². The molecule has 2 aromatic carbocycles. The van der Waals surface area contributed by atoms with Gasteiger partial charge in [0.25, 0.3) is 5.22 Å². The van der Waals surface area contributed by atoms with E-state index in [0.29, 0.717) is 21.7 Å². The number of halogens is 1. The van der Waals surface area contributed by atoms with E-state index in [2.05, 4.69) is 15.2 Å². The molecule has 7 heteroatoms. The van der Waals surface area contributed by atoms with Crippen LogP contribution in [0, 0.1) is 6.92 Å². The summed E-state index contributed by atoms with van der Waals surface area (Å²) in [5.74, 6) is 0.623. The van der Waals surface area contributed by atoms with E-state index in [4.69, 9.17) is 16.0 Å². The van der Waals surface area contributed by atoms with Gasteiger partial charge >= 0.3 is 0 Å². The Labute approximate surface area is 158 Å². The number of aryl methyl sites for hydroxylation is 1. The predicted octanol–water partition coefficient (Wildman–Crippen LogP) is 5.15. The van der Waals surface area contributed by atoms with Crippen LogP contribution in [0.3, 0.4) is 0 Å². The Morgan fingerprint density at radius 2 is 2.04 bits per heavy atom. The van der Waals surface area contributed by atoms with E-state index < -0.39 is 0 Å². The number of aromatic nitrogens is 3. The number of carbonyl (C=O) groups excluding carboxylic acids is 1. The molecule has 0 saturated carbocycles. The molecule has 0 amide bonds. The highest BCUT2D eigenvalue weighted by atomic mass is 35.5. The highest BCUT2D eigenvalue weighted by Gasteiger charge is 2.17. The molecule has 4 rings (SSSR count). The molecule has 0 aliphatic heterocycles. The molecule has 0 atom stereocenters. The van der Waals surface area contributed by atoms with Gasteiger partial charge in [-0.25, -0.2) is 0 Å². The summed E-state index contributed by atoms with van der Waals surface area (Å²) in [5.41, 5.74) is 3.28. The van der Waals surface area contributed by atoms with Crippen molar-refractivity contribution in [2.45, 2.75) is 12.1 Å². The number of rotatable bonds is 5. The van der Waals surface area contributed by atoms with E-state index in [9.17, 15) is 4.79 Å². The van der Waals surface area contributed by atoms with Crippen LogP contribution in [0.4, 0.5) is 0 Å². The van der Waals surface area contributed by atoms with Gasteiger partial charge in [-0.3, -0.25) is 4.79 Å². The molecule has 0 aliphatic rings. The average molecular weight is 384 g/mol. The summed E-state index contributed by atoms with van der Waals surface area (Å²) < 4.78 is 5.63. The SMILES string of the molecule is Cc1[nH]c2ccccc2c1C(=O)CSc1nnc(-c2cccc(Cl)c2)o1. The molecule has 26 heavy (non-hydrogen) atoms. The second-order valence-electron chi connectivity index (χ2n) is 5.77. The molecule has 2 aromatic heterocycles. The zero-order valence-electron chi connectivity index (χ0n) is 13.8. The average Bonchev–Trinajstić information content (AvgIpc) is 3.23. The number of H-pyrrole nitrogens is 1. The standard InChI is InChI=1S/C19H14ClN3O2S/c1-11-17(14-7-2-3-8-15(14)21-11)16(24)10-26-19-23-22-18(25-19)12-5-4-6-13(20)9-12/h2-9,21H,10H2,1H3. The Balaban J connectivity index is 1.51. The largest absolute Gasteiger partial charge is 0.411 e. The number of hydrogen-bond acceptors (Lipinski definition) is 5. The van der Waals surface area contributed by atoms with Crippen molar-refractivity contribution in [1.29, 1.82) is 0 Å². The number of carbonyl (C=O) groups is 1. The molecule has 5 nitrogen and oxygen atoms in total. The second kappa shape index (κ2) is 6.97. The second-order valence-corrected chi connectivity index (χ2v) is 7.13. The molecule has 0 fully saturated rings. The summed E-state index contributed by atoms with van der Waals surface area (Å²) in [7, 11) is 0. The Kier molecular flexibility index (Phi) is 4.53. The Morgan fingerprint density at radius 3 is 2.88 bits per heavy atom. The normalized spacial score (nSPS) is 11.2. The molecule has 0 aliphatic carbocycles. The van der Waals surface area contributed by atoms with Crippen LogP contribution < -0.4 is 0 Å². The minimum absolute atomic E-state index is 0.0208. The molecule has 1 N–H and O–H groups in total. The lowest BCUT2D eigenvalue weighted by Gasteiger charge is -1.99. The van der Waals surface area contributed by atoms with E-state index in [1.165, 1.54) is 11.8 Å². The van der Waals surface area contributed by atoms with Crippen molar-refractivity contribution in [2.75, 3.05) is 5.75 Å². The minimum atomic E-state index is 0.0208. The van der Waals surface area contributed by atoms with Crippen molar-refractivity contribution in [1.82, 2.24) is 15.2 Å². The lowest BCUT2D eigenvalue weighted by molar-refractivity contribution is 0.102. The number of fused-ring (bicyclic) bond motifs is 1. The van der Waals surface area contributed by atoms with Gasteiger partial charge in [0.15, 0.2) is 5.78 Å². The van der Waals surface area contributed by atoms with Crippen molar-refractivity contribution < 1.29 is 9.21 Å².